The van der Waals surface area contributed by atoms with Crippen LogP contribution in [0.3, 0.4) is 0 Å². The first-order chi connectivity index (χ1) is 12.7. The molecule has 0 atom stereocenters. The van der Waals surface area contributed by atoms with Crippen molar-refractivity contribution in [2.24, 2.45) is 0 Å². The average Bonchev–Trinajstić information content (AvgIpc) is 2.68. The van der Waals surface area contributed by atoms with Gasteiger partial charge in [0.15, 0.2) is 11.5 Å². The summed E-state index contributed by atoms with van der Waals surface area (Å²) in [7, 11) is 0. The fourth-order valence-corrected chi connectivity index (χ4v) is 2.90. The topological polar surface area (TPSA) is 63.7 Å². The number of pyridine rings is 1. The number of anilines is 2. The van der Waals surface area contributed by atoms with Crippen molar-refractivity contribution in [3.63, 3.8) is 0 Å². The van der Waals surface area contributed by atoms with Crippen LogP contribution in [0.1, 0.15) is 37.2 Å². The van der Waals surface area contributed by atoms with E-state index >= 15 is 0 Å². The number of carbonyl (C=O) groups is 1. The lowest BCUT2D eigenvalue weighted by Gasteiger charge is -2.21. The lowest BCUT2D eigenvalue weighted by atomic mass is 10.2. The van der Waals surface area contributed by atoms with Crippen LogP contribution in [-0.2, 0) is 0 Å². The molecule has 2 heterocycles. The van der Waals surface area contributed by atoms with Crippen molar-refractivity contribution in [3.8, 4) is 11.5 Å². The maximum Gasteiger partial charge on any atom is 0.272 e. The summed E-state index contributed by atoms with van der Waals surface area (Å²) in [5.74, 6) is 1.48. The Labute approximate surface area is 154 Å². The van der Waals surface area contributed by atoms with Gasteiger partial charge in [-0.2, -0.15) is 0 Å². The zero-order valence-corrected chi connectivity index (χ0v) is 15.3. The number of aromatic nitrogens is 1. The summed E-state index contributed by atoms with van der Waals surface area (Å²) < 4.78 is 11.1. The van der Waals surface area contributed by atoms with Crippen molar-refractivity contribution in [3.05, 3.63) is 42.2 Å². The van der Waals surface area contributed by atoms with Crippen LogP contribution < -0.4 is 14.8 Å². The smallest absolute Gasteiger partial charge is 0.272 e. The van der Waals surface area contributed by atoms with Crippen LogP contribution in [-0.4, -0.2) is 42.1 Å². The summed E-state index contributed by atoms with van der Waals surface area (Å²) in [6.45, 7) is 6.79. The fraction of sp³-hybridized carbons (Fsp3) is 0.400. The number of carbonyl (C=O) groups excluding carboxylic acids is 1. The molecule has 1 amide bonds. The minimum Gasteiger partial charge on any atom is -0.486 e. The van der Waals surface area contributed by atoms with Crippen LogP contribution in [0.25, 0.3) is 0 Å². The quantitative estimate of drug-likeness (QED) is 0.817. The number of hydrogen-bond acceptors (Lipinski definition) is 5. The number of amides is 1. The van der Waals surface area contributed by atoms with E-state index in [0.29, 0.717) is 18.9 Å². The molecule has 0 saturated carbocycles. The van der Waals surface area contributed by atoms with Gasteiger partial charge in [0.05, 0.1) is 11.9 Å². The molecule has 6 heteroatoms. The van der Waals surface area contributed by atoms with E-state index in [1.54, 1.807) is 12.3 Å². The van der Waals surface area contributed by atoms with Crippen LogP contribution in [0.5, 0.6) is 11.5 Å². The molecule has 0 unspecified atom stereocenters. The largest absolute Gasteiger partial charge is 0.486 e. The Morgan fingerprint density at radius 2 is 1.73 bits per heavy atom. The zero-order chi connectivity index (χ0) is 18.4. The van der Waals surface area contributed by atoms with E-state index in [-0.39, 0.29) is 5.91 Å². The van der Waals surface area contributed by atoms with Gasteiger partial charge in [0.1, 0.15) is 18.9 Å². The predicted octanol–water partition coefficient (Wildman–Crippen LogP) is 3.86. The number of nitrogens with one attached hydrogen (secondary N) is 1. The molecule has 26 heavy (non-hydrogen) atoms. The molecule has 2 aromatic rings. The maximum atomic E-state index is 12.6. The SMILES string of the molecule is CCCN(CCC)C(=O)c1ccc(Nc2ccc3c(c2)OCCO3)cn1. The minimum atomic E-state index is -0.0143. The predicted molar refractivity (Wildman–Crippen MR) is 101 cm³/mol. The van der Waals surface area contributed by atoms with Crippen molar-refractivity contribution in [1.82, 2.24) is 9.88 Å². The van der Waals surface area contributed by atoms with Crippen LogP contribution in [0, 0.1) is 0 Å². The summed E-state index contributed by atoms with van der Waals surface area (Å²) in [6, 6.07) is 9.35. The van der Waals surface area contributed by atoms with Crippen LogP contribution in [0.15, 0.2) is 36.5 Å². The van der Waals surface area contributed by atoms with Gasteiger partial charge in [-0.25, -0.2) is 4.98 Å². The van der Waals surface area contributed by atoms with E-state index in [2.05, 4.69) is 24.1 Å². The zero-order valence-electron chi connectivity index (χ0n) is 15.3. The molecule has 0 fully saturated rings. The van der Waals surface area contributed by atoms with Crippen LogP contribution >= 0.6 is 0 Å². The molecule has 1 aromatic heterocycles. The third-order valence-electron chi connectivity index (χ3n) is 4.09. The van der Waals surface area contributed by atoms with E-state index in [0.717, 1.165) is 48.8 Å². The normalized spacial score (nSPS) is 12.5. The van der Waals surface area contributed by atoms with Gasteiger partial charge >= 0.3 is 0 Å². The molecule has 1 aliphatic heterocycles. The second-order valence-electron chi connectivity index (χ2n) is 6.21. The van der Waals surface area contributed by atoms with Gasteiger partial charge < -0.3 is 19.7 Å². The van der Waals surface area contributed by atoms with Crippen molar-refractivity contribution in [2.45, 2.75) is 26.7 Å². The van der Waals surface area contributed by atoms with Crippen molar-refractivity contribution >= 4 is 17.3 Å². The first-order valence-electron chi connectivity index (χ1n) is 9.13. The average molecular weight is 355 g/mol. The molecular formula is C20H25N3O3. The molecule has 0 aliphatic carbocycles. The van der Waals surface area contributed by atoms with Gasteiger partial charge in [-0.1, -0.05) is 13.8 Å². The van der Waals surface area contributed by atoms with Gasteiger partial charge in [-0.15, -0.1) is 0 Å². The summed E-state index contributed by atoms with van der Waals surface area (Å²) >= 11 is 0. The lowest BCUT2D eigenvalue weighted by molar-refractivity contribution is 0.0749. The first kappa shape index (κ1) is 18.0. The van der Waals surface area contributed by atoms with E-state index < -0.39 is 0 Å². The molecular weight excluding hydrogens is 330 g/mol. The standard InChI is InChI=1S/C20H25N3O3/c1-3-9-23(10-4-2)20(24)17-7-5-16(14-21-17)22-15-6-8-18-19(13-15)26-12-11-25-18/h5-8,13-14,22H,3-4,9-12H2,1-2H3. The van der Waals surface area contributed by atoms with Gasteiger partial charge in [-0.05, 0) is 37.1 Å². The van der Waals surface area contributed by atoms with Crippen LogP contribution in [0.4, 0.5) is 11.4 Å². The Morgan fingerprint density at radius 3 is 2.38 bits per heavy atom. The summed E-state index contributed by atoms with van der Waals surface area (Å²) in [5, 5.41) is 3.28. The number of fused-ring (bicyclic) bond motifs is 1. The van der Waals surface area contributed by atoms with Gasteiger partial charge in [0.25, 0.3) is 5.91 Å². The highest BCUT2D eigenvalue weighted by atomic mass is 16.6. The third-order valence-corrected chi connectivity index (χ3v) is 4.09. The minimum absolute atomic E-state index is 0.0143. The van der Waals surface area contributed by atoms with Crippen molar-refractivity contribution in [1.29, 1.82) is 0 Å². The Morgan fingerprint density at radius 1 is 1.04 bits per heavy atom. The third kappa shape index (κ3) is 4.25. The van der Waals surface area contributed by atoms with Gasteiger partial charge in [-0.3, -0.25) is 4.79 Å². The van der Waals surface area contributed by atoms with Crippen molar-refractivity contribution < 1.29 is 14.3 Å². The Balaban J connectivity index is 1.68. The molecule has 1 aliphatic rings. The highest BCUT2D eigenvalue weighted by Crippen LogP contribution is 2.33. The molecule has 1 N–H and O–H groups in total. The number of ether oxygens (including phenoxy) is 2. The maximum absolute atomic E-state index is 12.6. The highest BCUT2D eigenvalue weighted by molar-refractivity contribution is 5.92. The number of benzene rings is 1. The molecule has 1 aromatic carbocycles. The van der Waals surface area contributed by atoms with E-state index in [1.165, 1.54) is 0 Å². The molecule has 0 radical (unpaired) electrons. The van der Waals surface area contributed by atoms with Crippen LogP contribution in [0.2, 0.25) is 0 Å². The number of rotatable bonds is 7. The summed E-state index contributed by atoms with van der Waals surface area (Å²) in [4.78, 5) is 18.8. The first-order valence-corrected chi connectivity index (χ1v) is 9.13. The Bertz CT molecular complexity index is 740. The van der Waals surface area contributed by atoms with Gasteiger partial charge in [0.2, 0.25) is 0 Å². The second kappa shape index (κ2) is 8.56. The molecule has 0 spiro atoms. The van der Waals surface area contributed by atoms with Gasteiger partial charge in [0, 0.05) is 24.8 Å². The molecule has 0 bridgehead atoms. The number of nitrogens with zero attached hydrogens (tertiary/aromatic N) is 2. The highest BCUT2D eigenvalue weighted by Gasteiger charge is 2.16. The molecule has 6 nitrogen and oxygen atoms in total. The fourth-order valence-electron chi connectivity index (χ4n) is 2.90. The Kier molecular flexibility index (Phi) is 5.94. The lowest BCUT2D eigenvalue weighted by Crippen LogP contribution is -2.33. The van der Waals surface area contributed by atoms with E-state index in [9.17, 15) is 4.79 Å². The summed E-state index contributed by atoms with van der Waals surface area (Å²) in [6.07, 6.45) is 3.56. The summed E-state index contributed by atoms with van der Waals surface area (Å²) in [5.41, 5.74) is 2.17. The monoisotopic (exact) mass is 355 g/mol. The second-order valence-corrected chi connectivity index (χ2v) is 6.21. The van der Waals surface area contributed by atoms with Crippen molar-refractivity contribution in [2.75, 3.05) is 31.6 Å². The molecule has 0 saturated heterocycles. The molecule has 138 valence electrons. The Hall–Kier alpha value is -2.76. The number of hydrogen-bond donors (Lipinski definition) is 1. The van der Waals surface area contributed by atoms with E-state index in [4.69, 9.17) is 9.47 Å². The van der Waals surface area contributed by atoms with E-state index in [1.807, 2.05) is 29.2 Å². The molecule has 3 rings (SSSR count).